The third-order valence-corrected chi connectivity index (χ3v) is 2.76. The molecule has 0 bridgehead atoms. The maximum atomic E-state index is 5.40. The van der Waals surface area contributed by atoms with Crippen molar-refractivity contribution in [1.29, 1.82) is 0 Å². The molecule has 1 N–H and O–H groups in total. The third-order valence-electron chi connectivity index (χ3n) is 2.16. The van der Waals surface area contributed by atoms with Crippen molar-refractivity contribution in [2.24, 2.45) is 0 Å². The first-order valence-corrected chi connectivity index (χ1v) is 6.48. The molecule has 1 heterocycles. The molecule has 1 aromatic rings. The molecule has 1 atom stereocenters. The summed E-state index contributed by atoms with van der Waals surface area (Å²) in [5, 5.41) is 5.51. The first kappa shape index (κ1) is 12.6. The fourth-order valence-corrected chi connectivity index (χ4v) is 1.93. The summed E-state index contributed by atoms with van der Waals surface area (Å²) in [6.07, 6.45) is 2.16. The molecule has 0 amide bonds. The Bertz CT molecular complexity index is 239. The van der Waals surface area contributed by atoms with Crippen molar-refractivity contribution >= 4 is 11.3 Å². The molecule has 4 heteroatoms. The van der Waals surface area contributed by atoms with Crippen LogP contribution in [0.15, 0.2) is 10.9 Å². The average Bonchev–Trinajstić information content (AvgIpc) is 2.76. The number of hydrogen-bond acceptors (Lipinski definition) is 4. The fraction of sp³-hybridized carbons (Fsp3) is 0.727. The highest BCUT2D eigenvalue weighted by atomic mass is 32.1. The number of nitrogens with one attached hydrogen (secondary N) is 1. The number of thiazole rings is 1. The van der Waals surface area contributed by atoms with E-state index in [0.717, 1.165) is 38.3 Å². The Hall–Kier alpha value is -0.450. The molecular weight excluding hydrogens is 208 g/mol. The maximum Gasteiger partial charge on any atom is 0.0795 e. The normalized spacial score (nSPS) is 12.9. The van der Waals surface area contributed by atoms with Crippen LogP contribution in [0.5, 0.6) is 0 Å². The van der Waals surface area contributed by atoms with Gasteiger partial charge in [0.2, 0.25) is 0 Å². The second-order valence-electron chi connectivity index (χ2n) is 3.56. The van der Waals surface area contributed by atoms with Crippen molar-refractivity contribution in [2.75, 3.05) is 19.8 Å². The first-order valence-electron chi connectivity index (χ1n) is 5.53. The van der Waals surface area contributed by atoms with Gasteiger partial charge in [-0.05, 0) is 26.3 Å². The summed E-state index contributed by atoms with van der Waals surface area (Å²) < 4.78 is 5.40. The molecule has 0 aliphatic rings. The summed E-state index contributed by atoms with van der Waals surface area (Å²) in [6.45, 7) is 6.99. The standard InChI is InChI=1S/C11H20N2OS/c1-3-6-14-7-4-5-12-10(2)11-8-15-9-13-11/h8-10,12H,3-7H2,1-2H3. The first-order chi connectivity index (χ1) is 7.34. The van der Waals surface area contributed by atoms with Gasteiger partial charge in [0.15, 0.2) is 0 Å². The molecule has 0 aliphatic heterocycles. The number of hydrogen-bond donors (Lipinski definition) is 1. The minimum atomic E-state index is 0.349. The molecule has 1 unspecified atom stereocenters. The summed E-state index contributed by atoms with van der Waals surface area (Å²) in [6, 6.07) is 0.349. The van der Waals surface area contributed by atoms with E-state index in [-0.39, 0.29) is 0 Å². The number of ether oxygens (including phenoxy) is 1. The minimum absolute atomic E-state index is 0.349. The number of aromatic nitrogens is 1. The predicted octanol–water partition coefficient (Wildman–Crippen LogP) is 2.61. The van der Waals surface area contributed by atoms with Gasteiger partial charge >= 0.3 is 0 Å². The van der Waals surface area contributed by atoms with Crippen LogP contribution in [0.3, 0.4) is 0 Å². The van der Waals surface area contributed by atoms with E-state index in [0.29, 0.717) is 6.04 Å². The molecular formula is C11H20N2OS. The van der Waals surface area contributed by atoms with Gasteiger partial charge in [0.05, 0.1) is 11.2 Å². The maximum absolute atomic E-state index is 5.40. The molecule has 86 valence electrons. The van der Waals surface area contributed by atoms with Gasteiger partial charge in [0.25, 0.3) is 0 Å². The van der Waals surface area contributed by atoms with Crippen molar-refractivity contribution in [1.82, 2.24) is 10.3 Å². The second-order valence-corrected chi connectivity index (χ2v) is 4.27. The Labute approximate surface area is 95.9 Å². The van der Waals surface area contributed by atoms with Gasteiger partial charge in [-0.15, -0.1) is 11.3 Å². The third kappa shape index (κ3) is 5.25. The lowest BCUT2D eigenvalue weighted by atomic mass is 10.2. The molecule has 0 aromatic carbocycles. The zero-order chi connectivity index (χ0) is 10.9. The predicted molar refractivity (Wildman–Crippen MR) is 64.3 cm³/mol. The van der Waals surface area contributed by atoms with Gasteiger partial charge in [-0.2, -0.15) is 0 Å². The van der Waals surface area contributed by atoms with Crippen LogP contribution in [0.2, 0.25) is 0 Å². The van der Waals surface area contributed by atoms with Crippen molar-refractivity contribution in [3.63, 3.8) is 0 Å². The minimum Gasteiger partial charge on any atom is -0.381 e. The van der Waals surface area contributed by atoms with E-state index in [1.165, 1.54) is 0 Å². The molecule has 15 heavy (non-hydrogen) atoms. The van der Waals surface area contributed by atoms with Crippen molar-refractivity contribution < 1.29 is 4.74 Å². The Morgan fingerprint density at radius 2 is 2.40 bits per heavy atom. The van der Waals surface area contributed by atoms with E-state index in [1.807, 2.05) is 5.51 Å². The SMILES string of the molecule is CCCOCCCNC(C)c1cscn1. The lowest BCUT2D eigenvalue weighted by Crippen LogP contribution is -2.21. The average molecular weight is 228 g/mol. The van der Waals surface area contributed by atoms with E-state index < -0.39 is 0 Å². The summed E-state index contributed by atoms with van der Waals surface area (Å²) in [5.74, 6) is 0. The molecule has 0 saturated heterocycles. The van der Waals surface area contributed by atoms with Gasteiger partial charge in [-0.1, -0.05) is 6.92 Å². The van der Waals surface area contributed by atoms with Crippen LogP contribution < -0.4 is 5.32 Å². The monoisotopic (exact) mass is 228 g/mol. The summed E-state index contributed by atoms with van der Waals surface area (Å²) in [5.41, 5.74) is 3.01. The Kier molecular flexibility index (Phi) is 6.55. The Morgan fingerprint density at radius 3 is 3.07 bits per heavy atom. The lowest BCUT2D eigenvalue weighted by molar-refractivity contribution is 0.131. The van der Waals surface area contributed by atoms with Gasteiger partial charge in [0, 0.05) is 24.6 Å². The molecule has 3 nitrogen and oxygen atoms in total. The van der Waals surface area contributed by atoms with Crippen molar-refractivity contribution in [3.8, 4) is 0 Å². The van der Waals surface area contributed by atoms with E-state index in [1.54, 1.807) is 11.3 Å². The quantitative estimate of drug-likeness (QED) is 0.694. The van der Waals surface area contributed by atoms with E-state index >= 15 is 0 Å². The number of nitrogens with zero attached hydrogens (tertiary/aromatic N) is 1. The van der Waals surface area contributed by atoms with Gasteiger partial charge in [0.1, 0.15) is 0 Å². The van der Waals surface area contributed by atoms with E-state index in [2.05, 4.69) is 29.5 Å². The smallest absolute Gasteiger partial charge is 0.0795 e. The van der Waals surface area contributed by atoms with Crippen LogP contribution in [0, 0.1) is 0 Å². The molecule has 1 rings (SSSR count). The summed E-state index contributed by atoms with van der Waals surface area (Å²) >= 11 is 1.64. The zero-order valence-corrected chi connectivity index (χ0v) is 10.3. The van der Waals surface area contributed by atoms with Crippen LogP contribution in [0.1, 0.15) is 38.4 Å². The van der Waals surface area contributed by atoms with Crippen LogP contribution in [0.4, 0.5) is 0 Å². The Morgan fingerprint density at radius 1 is 1.53 bits per heavy atom. The summed E-state index contributed by atoms with van der Waals surface area (Å²) in [7, 11) is 0. The summed E-state index contributed by atoms with van der Waals surface area (Å²) in [4.78, 5) is 4.27. The molecule has 0 aliphatic carbocycles. The van der Waals surface area contributed by atoms with Crippen LogP contribution >= 0.6 is 11.3 Å². The highest BCUT2D eigenvalue weighted by Gasteiger charge is 2.05. The largest absolute Gasteiger partial charge is 0.381 e. The second kappa shape index (κ2) is 7.79. The molecule has 0 saturated carbocycles. The van der Waals surface area contributed by atoms with Crippen LogP contribution in [0.25, 0.3) is 0 Å². The molecule has 0 fully saturated rings. The van der Waals surface area contributed by atoms with Gasteiger partial charge < -0.3 is 10.1 Å². The molecule has 1 aromatic heterocycles. The highest BCUT2D eigenvalue weighted by molar-refractivity contribution is 7.07. The lowest BCUT2D eigenvalue weighted by Gasteiger charge is -2.11. The fourth-order valence-electron chi connectivity index (χ4n) is 1.28. The van der Waals surface area contributed by atoms with Crippen molar-refractivity contribution in [2.45, 2.75) is 32.7 Å². The zero-order valence-electron chi connectivity index (χ0n) is 9.53. The van der Waals surface area contributed by atoms with E-state index in [9.17, 15) is 0 Å². The van der Waals surface area contributed by atoms with Crippen LogP contribution in [-0.4, -0.2) is 24.7 Å². The van der Waals surface area contributed by atoms with Crippen molar-refractivity contribution in [3.05, 3.63) is 16.6 Å². The number of rotatable bonds is 8. The Balaban J connectivity index is 2.00. The van der Waals surface area contributed by atoms with E-state index in [4.69, 9.17) is 4.74 Å². The molecule has 0 radical (unpaired) electrons. The molecule has 0 spiro atoms. The topological polar surface area (TPSA) is 34.1 Å². The van der Waals surface area contributed by atoms with Gasteiger partial charge in [-0.25, -0.2) is 4.98 Å². The van der Waals surface area contributed by atoms with Gasteiger partial charge in [-0.3, -0.25) is 0 Å². The highest BCUT2D eigenvalue weighted by Crippen LogP contribution is 2.11. The van der Waals surface area contributed by atoms with Crippen LogP contribution in [-0.2, 0) is 4.74 Å².